The normalized spacial score (nSPS) is 17.4. The number of aryl methyl sites for hydroxylation is 1. The molecule has 0 saturated carbocycles. The SMILES string of the molecule is CCN1C(=O)NC(c2ccccc2)C(C(=O)/C=C/c2ccc(C)cc2)=C1C. The Kier molecular flexibility index (Phi) is 5.55. The summed E-state index contributed by atoms with van der Waals surface area (Å²) in [5, 5.41) is 2.98. The second kappa shape index (κ2) is 8.04. The number of carbonyl (C=O) groups is 2. The highest BCUT2D eigenvalue weighted by molar-refractivity contribution is 6.09. The van der Waals surface area contributed by atoms with Gasteiger partial charge in [0.05, 0.1) is 6.04 Å². The molecule has 4 nitrogen and oxygen atoms in total. The maximum atomic E-state index is 13.1. The number of carbonyl (C=O) groups excluding carboxylic acids is 2. The predicted molar refractivity (Wildman–Crippen MR) is 108 cm³/mol. The van der Waals surface area contributed by atoms with E-state index in [2.05, 4.69) is 5.32 Å². The Morgan fingerprint density at radius 3 is 2.37 bits per heavy atom. The van der Waals surface area contributed by atoms with Gasteiger partial charge in [-0.1, -0.05) is 66.2 Å². The van der Waals surface area contributed by atoms with Crippen molar-refractivity contribution < 1.29 is 9.59 Å². The maximum absolute atomic E-state index is 13.1. The number of benzene rings is 2. The van der Waals surface area contributed by atoms with Crippen molar-refractivity contribution in [1.82, 2.24) is 10.2 Å². The van der Waals surface area contributed by atoms with Gasteiger partial charge in [0, 0.05) is 17.8 Å². The molecular formula is C23H24N2O2. The van der Waals surface area contributed by atoms with Crippen molar-refractivity contribution >= 4 is 17.9 Å². The molecule has 1 aliphatic heterocycles. The van der Waals surface area contributed by atoms with Crippen LogP contribution in [-0.4, -0.2) is 23.3 Å². The van der Waals surface area contributed by atoms with Crippen LogP contribution < -0.4 is 5.32 Å². The second-order valence-electron chi connectivity index (χ2n) is 6.64. The molecule has 27 heavy (non-hydrogen) atoms. The van der Waals surface area contributed by atoms with Gasteiger partial charge in [-0.15, -0.1) is 0 Å². The van der Waals surface area contributed by atoms with Crippen LogP contribution in [0, 0.1) is 6.92 Å². The minimum Gasteiger partial charge on any atom is -0.327 e. The second-order valence-corrected chi connectivity index (χ2v) is 6.64. The largest absolute Gasteiger partial charge is 0.327 e. The van der Waals surface area contributed by atoms with E-state index in [9.17, 15) is 9.59 Å². The fourth-order valence-corrected chi connectivity index (χ4v) is 3.32. The van der Waals surface area contributed by atoms with Gasteiger partial charge in [-0.05, 0) is 38.0 Å². The average Bonchev–Trinajstić information content (AvgIpc) is 2.68. The van der Waals surface area contributed by atoms with E-state index in [-0.39, 0.29) is 11.8 Å². The van der Waals surface area contributed by atoms with Crippen LogP contribution in [-0.2, 0) is 4.79 Å². The zero-order valence-electron chi connectivity index (χ0n) is 15.9. The first-order valence-electron chi connectivity index (χ1n) is 9.14. The molecule has 1 unspecified atom stereocenters. The Hall–Kier alpha value is -3.14. The van der Waals surface area contributed by atoms with Gasteiger partial charge in [-0.3, -0.25) is 9.69 Å². The van der Waals surface area contributed by atoms with Crippen molar-refractivity contribution in [2.24, 2.45) is 0 Å². The standard InChI is InChI=1S/C23H24N2O2/c1-4-25-17(3)21(20(26)15-14-18-12-10-16(2)11-13-18)22(24-23(25)27)19-8-6-5-7-9-19/h5-15,22H,4H2,1-3H3,(H,24,27)/b15-14+. The van der Waals surface area contributed by atoms with E-state index in [1.54, 1.807) is 11.0 Å². The molecule has 0 fully saturated rings. The monoisotopic (exact) mass is 360 g/mol. The lowest BCUT2D eigenvalue weighted by atomic mass is 9.91. The highest BCUT2D eigenvalue weighted by Crippen LogP contribution is 2.31. The molecule has 0 spiro atoms. The number of allylic oxidation sites excluding steroid dienone is 2. The molecule has 2 aromatic carbocycles. The highest BCUT2D eigenvalue weighted by atomic mass is 16.2. The zero-order valence-corrected chi connectivity index (χ0v) is 15.9. The summed E-state index contributed by atoms with van der Waals surface area (Å²) >= 11 is 0. The molecule has 0 saturated heterocycles. The number of hydrogen-bond donors (Lipinski definition) is 1. The fraction of sp³-hybridized carbons (Fsp3) is 0.217. The number of nitrogens with zero attached hydrogens (tertiary/aromatic N) is 1. The number of urea groups is 1. The van der Waals surface area contributed by atoms with E-state index in [1.807, 2.05) is 81.4 Å². The van der Waals surface area contributed by atoms with Gasteiger partial charge in [0.2, 0.25) is 0 Å². The molecule has 4 heteroatoms. The van der Waals surface area contributed by atoms with Crippen molar-refractivity contribution in [3.63, 3.8) is 0 Å². The van der Waals surface area contributed by atoms with Crippen molar-refractivity contribution in [2.75, 3.05) is 6.54 Å². The molecule has 0 bridgehead atoms. The van der Waals surface area contributed by atoms with E-state index in [4.69, 9.17) is 0 Å². The molecule has 0 radical (unpaired) electrons. The quantitative estimate of drug-likeness (QED) is 0.790. The van der Waals surface area contributed by atoms with Gasteiger partial charge in [0.1, 0.15) is 0 Å². The Balaban J connectivity index is 1.98. The summed E-state index contributed by atoms with van der Waals surface area (Å²) in [7, 11) is 0. The van der Waals surface area contributed by atoms with Crippen LogP contribution in [0.15, 0.2) is 71.9 Å². The topological polar surface area (TPSA) is 49.4 Å². The highest BCUT2D eigenvalue weighted by Gasteiger charge is 2.33. The van der Waals surface area contributed by atoms with Crippen molar-refractivity contribution in [3.8, 4) is 0 Å². The minimum absolute atomic E-state index is 0.0969. The summed E-state index contributed by atoms with van der Waals surface area (Å²) < 4.78 is 0. The first kappa shape index (κ1) is 18.6. The Bertz CT molecular complexity index is 896. The van der Waals surface area contributed by atoms with Crippen molar-refractivity contribution in [2.45, 2.75) is 26.8 Å². The van der Waals surface area contributed by atoms with Gasteiger partial charge in [0.25, 0.3) is 0 Å². The van der Waals surface area contributed by atoms with Crippen LogP contribution >= 0.6 is 0 Å². The molecule has 138 valence electrons. The van der Waals surface area contributed by atoms with Crippen LogP contribution in [0.5, 0.6) is 0 Å². The van der Waals surface area contributed by atoms with E-state index in [0.717, 1.165) is 11.1 Å². The molecule has 1 aliphatic rings. The smallest absolute Gasteiger partial charge is 0.322 e. The maximum Gasteiger partial charge on any atom is 0.322 e. The lowest BCUT2D eigenvalue weighted by Gasteiger charge is -2.35. The molecule has 0 aromatic heterocycles. The van der Waals surface area contributed by atoms with Crippen molar-refractivity contribution in [1.29, 1.82) is 0 Å². The molecule has 2 aromatic rings. The number of ketones is 1. The van der Waals surface area contributed by atoms with Gasteiger partial charge >= 0.3 is 6.03 Å². The number of nitrogens with one attached hydrogen (secondary N) is 1. The zero-order chi connectivity index (χ0) is 19.4. The van der Waals surface area contributed by atoms with Crippen LogP contribution in [0.3, 0.4) is 0 Å². The van der Waals surface area contributed by atoms with Crippen molar-refractivity contribution in [3.05, 3.63) is 88.6 Å². The summed E-state index contributed by atoms with van der Waals surface area (Å²) in [5.74, 6) is -0.0969. The van der Waals surface area contributed by atoms with Gasteiger partial charge < -0.3 is 5.32 Å². The number of hydrogen-bond acceptors (Lipinski definition) is 2. The summed E-state index contributed by atoms with van der Waals surface area (Å²) in [6, 6.07) is 17.0. The average molecular weight is 360 g/mol. The molecular weight excluding hydrogens is 336 g/mol. The van der Waals surface area contributed by atoms with Gasteiger partial charge in [-0.2, -0.15) is 0 Å². The number of rotatable bonds is 5. The summed E-state index contributed by atoms with van der Waals surface area (Å²) in [5.41, 5.74) is 4.35. The minimum atomic E-state index is -0.448. The first-order valence-corrected chi connectivity index (χ1v) is 9.14. The van der Waals surface area contributed by atoms with Crippen LogP contribution in [0.1, 0.15) is 36.6 Å². The third kappa shape index (κ3) is 4.00. The van der Waals surface area contributed by atoms with E-state index in [0.29, 0.717) is 17.8 Å². The third-order valence-corrected chi connectivity index (χ3v) is 4.82. The molecule has 1 N–H and O–H groups in total. The van der Waals surface area contributed by atoms with E-state index in [1.165, 1.54) is 5.56 Å². The van der Waals surface area contributed by atoms with E-state index >= 15 is 0 Å². The van der Waals surface area contributed by atoms with Crippen LogP contribution in [0.4, 0.5) is 4.79 Å². The first-order chi connectivity index (χ1) is 13.0. The molecule has 1 heterocycles. The molecule has 1 atom stereocenters. The Labute approximate surface area is 160 Å². The molecule has 2 amide bonds. The van der Waals surface area contributed by atoms with E-state index < -0.39 is 6.04 Å². The van der Waals surface area contributed by atoms with Crippen LogP contribution in [0.2, 0.25) is 0 Å². The Morgan fingerprint density at radius 2 is 1.74 bits per heavy atom. The Morgan fingerprint density at radius 1 is 1.07 bits per heavy atom. The third-order valence-electron chi connectivity index (χ3n) is 4.82. The van der Waals surface area contributed by atoms with Gasteiger partial charge in [-0.25, -0.2) is 4.79 Å². The fourth-order valence-electron chi connectivity index (χ4n) is 3.32. The summed E-state index contributed by atoms with van der Waals surface area (Å²) in [4.78, 5) is 27.1. The predicted octanol–water partition coefficient (Wildman–Crippen LogP) is 4.64. The number of amides is 2. The van der Waals surface area contributed by atoms with Crippen LogP contribution in [0.25, 0.3) is 6.08 Å². The molecule has 3 rings (SSSR count). The lowest BCUT2D eigenvalue weighted by Crippen LogP contribution is -2.47. The summed E-state index contributed by atoms with van der Waals surface area (Å²) in [6.07, 6.45) is 3.40. The molecule has 0 aliphatic carbocycles. The van der Waals surface area contributed by atoms with Gasteiger partial charge in [0.15, 0.2) is 5.78 Å². The lowest BCUT2D eigenvalue weighted by molar-refractivity contribution is -0.111. The summed E-state index contributed by atoms with van der Waals surface area (Å²) in [6.45, 7) is 6.28.